The van der Waals surface area contributed by atoms with Crippen molar-refractivity contribution in [2.24, 2.45) is 0 Å². The molecule has 0 bridgehead atoms. The zero-order valence-electron chi connectivity index (χ0n) is 9.16. The molecule has 17 heavy (non-hydrogen) atoms. The van der Waals surface area contributed by atoms with Gasteiger partial charge in [-0.25, -0.2) is 4.39 Å². The number of halogens is 1. The van der Waals surface area contributed by atoms with Crippen LogP contribution in [0.25, 0.3) is 10.9 Å². The van der Waals surface area contributed by atoms with E-state index in [4.69, 9.17) is 5.11 Å². The number of carboxylic acids is 1. The Balaban J connectivity index is 2.10. The minimum atomic E-state index is -0.785. The predicted octanol–water partition coefficient (Wildman–Crippen LogP) is 2.81. The van der Waals surface area contributed by atoms with E-state index >= 15 is 0 Å². The van der Waals surface area contributed by atoms with Gasteiger partial charge in [0.15, 0.2) is 0 Å². The SMILES string of the molecule is O=C(O)C[C@@H]1CCc2c1[nH]c1ccc(F)cc21. The lowest BCUT2D eigenvalue weighted by atomic mass is 10.0. The molecule has 3 rings (SSSR count). The topological polar surface area (TPSA) is 53.1 Å². The molecule has 0 spiro atoms. The second-order valence-corrected chi connectivity index (χ2v) is 4.54. The van der Waals surface area contributed by atoms with Gasteiger partial charge in [0.1, 0.15) is 5.82 Å². The highest BCUT2D eigenvalue weighted by Gasteiger charge is 2.28. The molecule has 2 N–H and O–H groups in total. The molecule has 2 aromatic rings. The lowest BCUT2D eigenvalue weighted by molar-refractivity contribution is -0.137. The third-order valence-electron chi connectivity index (χ3n) is 3.47. The van der Waals surface area contributed by atoms with Crippen LogP contribution in [0.4, 0.5) is 4.39 Å². The van der Waals surface area contributed by atoms with Crippen LogP contribution in [0.5, 0.6) is 0 Å². The summed E-state index contributed by atoms with van der Waals surface area (Å²) < 4.78 is 13.2. The van der Waals surface area contributed by atoms with E-state index in [1.54, 1.807) is 6.07 Å². The second-order valence-electron chi connectivity index (χ2n) is 4.54. The monoisotopic (exact) mass is 233 g/mol. The highest BCUT2D eigenvalue weighted by atomic mass is 19.1. The number of benzene rings is 1. The van der Waals surface area contributed by atoms with Gasteiger partial charge in [0.05, 0.1) is 6.42 Å². The van der Waals surface area contributed by atoms with Crippen molar-refractivity contribution < 1.29 is 14.3 Å². The van der Waals surface area contributed by atoms with Gasteiger partial charge in [-0.05, 0) is 36.6 Å². The van der Waals surface area contributed by atoms with E-state index in [0.29, 0.717) is 0 Å². The lowest BCUT2D eigenvalue weighted by Gasteiger charge is -2.05. The van der Waals surface area contributed by atoms with Crippen LogP contribution in [0.15, 0.2) is 18.2 Å². The van der Waals surface area contributed by atoms with E-state index in [1.807, 2.05) is 0 Å². The molecule has 0 fully saturated rings. The van der Waals surface area contributed by atoms with Crippen molar-refractivity contribution in [2.45, 2.75) is 25.2 Å². The summed E-state index contributed by atoms with van der Waals surface area (Å²) in [4.78, 5) is 14.0. The number of aliphatic carboxylic acids is 1. The normalized spacial score (nSPS) is 18.5. The first-order valence-corrected chi connectivity index (χ1v) is 5.67. The van der Waals surface area contributed by atoms with Gasteiger partial charge in [-0.1, -0.05) is 0 Å². The summed E-state index contributed by atoms with van der Waals surface area (Å²) in [5.41, 5.74) is 2.96. The van der Waals surface area contributed by atoms with Gasteiger partial charge in [0.2, 0.25) is 0 Å². The van der Waals surface area contributed by atoms with E-state index in [9.17, 15) is 9.18 Å². The van der Waals surface area contributed by atoms with E-state index in [1.165, 1.54) is 12.1 Å². The minimum Gasteiger partial charge on any atom is -0.481 e. The number of fused-ring (bicyclic) bond motifs is 3. The van der Waals surface area contributed by atoms with Gasteiger partial charge in [-0.3, -0.25) is 4.79 Å². The maximum atomic E-state index is 13.2. The van der Waals surface area contributed by atoms with Crippen LogP contribution in [0, 0.1) is 5.82 Å². The number of nitrogens with one attached hydrogen (secondary N) is 1. The molecular formula is C13H12FNO2. The number of rotatable bonds is 2. The maximum absolute atomic E-state index is 13.2. The number of H-pyrrole nitrogens is 1. The average Bonchev–Trinajstić information content (AvgIpc) is 2.78. The Labute approximate surface area is 97.3 Å². The Morgan fingerprint density at radius 3 is 3.12 bits per heavy atom. The molecule has 4 heteroatoms. The van der Waals surface area contributed by atoms with E-state index in [0.717, 1.165) is 35.0 Å². The van der Waals surface area contributed by atoms with Crippen molar-refractivity contribution in [2.75, 3.05) is 0 Å². The molecule has 88 valence electrons. The molecule has 1 aliphatic rings. The fourth-order valence-corrected chi connectivity index (χ4v) is 2.74. The van der Waals surface area contributed by atoms with Crippen molar-refractivity contribution in [1.29, 1.82) is 0 Å². The van der Waals surface area contributed by atoms with E-state index in [-0.39, 0.29) is 18.2 Å². The number of hydrogen-bond donors (Lipinski definition) is 2. The summed E-state index contributed by atoms with van der Waals surface area (Å²) in [6, 6.07) is 4.65. The summed E-state index contributed by atoms with van der Waals surface area (Å²) in [6.45, 7) is 0. The third kappa shape index (κ3) is 1.60. The first-order valence-electron chi connectivity index (χ1n) is 5.67. The first kappa shape index (κ1) is 10.3. The molecule has 0 saturated heterocycles. The quantitative estimate of drug-likeness (QED) is 0.838. The molecule has 0 aliphatic heterocycles. The Morgan fingerprint density at radius 2 is 2.35 bits per heavy atom. The second kappa shape index (κ2) is 3.58. The van der Waals surface area contributed by atoms with Crippen molar-refractivity contribution in [3.8, 4) is 0 Å². The number of aromatic amines is 1. The minimum absolute atomic E-state index is 0.0398. The molecule has 1 atom stereocenters. The van der Waals surface area contributed by atoms with Crippen molar-refractivity contribution >= 4 is 16.9 Å². The van der Waals surface area contributed by atoms with Gasteiger partial charge in [-0.2, -0.15) is 0 Å². The largest absolute Gasteiger partial charge is 0.481 e. The summed E-state index contributed by atoms with van der Waals surface area (Å²) in [5.74, 6) is -0.994. The molecule has 0 saturated carbocycles. The van der Waals surface area contributed by atoms with E-state index in [2.05, 4.69) is 4.98 Å². The first-order chi connectivity index (χ1) is 8.15. The summed E-state index contributed by atoms with van der Waals surface area (Å²) in [6.07, 6.45) is 1.80. The summed E-state index contributed by atoms with van der Waals surface area (Å²) in [7, 11) is 0. The number of carbonyl (C=O) groups is 1. The van der Waals surface area contributed by atoms with Crippen LogP contribution < -0.4 is 0 Å². The fourth-order valence-electron chi connectivity index (χ4n) is 2.74. The summed E-state index contributed by atoms with van der Waals surface area (Å²) >= 11 is 0. The third-order valence-corrected chi connectivity index (χ3v) is 3.47. The zero-order valence-corrected chi connectivity index (χ0v) is 9.16. The van der Waals surface area contributed by atoms with Gasteiger partial charge >= 0.3 is 5.97 Å². The van der Waals surface area contributed by atoms with Crippen LogP contribution in [0.1, 0.15) is 30.0 Å². The standard InChI is InChI=1S/C13H12FNO2/c14-8-2-4-11-10(6-8)9-3-1-7(5-12(16)17)13(9)15-11/h2,4,6-7,15H,1,3,5H2,(H,16,17)/t7-/m0/s1. The van der Waals surface area contributed by atoms with E-state index < -0.39 is 5.97 Å². The average molecular weight is 233 g/mol. The lowest BCUT2D eigenvalue weighted by Crippen LogP contribution is -2.03. The van der Waals surface area contributed by atoms with Crippen LogP contribution in [-0.4, -0.2) is 16.1 Å². The van der Waals surface area contributed by atoms with Crippen LogP contribution in [-0.2, 0) is 11.2 Å². The molecule has 1 heterocycles. The smallest absolute Gasteiger partial charge is 0.304 e. The van der Waals surface area contributed by atoms with Crippen molar-refractivity contribution in [3.63, 3.8) is 0 Å². The number of aromatic nitrogens is 1. The number of carboxylic acid groups (broad SMARTS) is 1. The zero-order chi connectivity index (χ0) is 12.0. The Bertz CT molecular complexity index is 603. The summed E-state index contributed by atoms with van der Waals surface area (Å²) in [5, 5.41) is 9.74. The molecule has 1 aliphatic carbocycles. The Kier molecular flexibility index (Phi) is 2.18. The van der Waals surface area contributed by atoms with Gasteiger partial charge in [0.25, 0.3) is 0 Å². The molecule has 0 radical (unpaired) electrons. The van der Waals surface area contributed by atoms with Crippen molar-refractivity contribution in [3.05, 3.63) is 35.3 Å². The van der Waals surface area contributed by atoms with Gasteiger partial charge in [0, 0.05) is 22.5 Å². The Hall–Kier alpha value is -1.84. The van der Waals surface area contributed by atoms with Gasteiger partial charge < -0.3 is 10.1 Å². The predicted molar refractivity (Wildman–Crippen MR) is 61.6 cm³/mol. The Morgan fingerprint density at radius 1 is 1.53 bits per heavy atom. The molecule has 3 nitrogen and oxygen atoms in total. The molecule has 1 aromatic carbocycles. The van der Waals surface area contributed by atoms with Crippen LogP contribution >= 0.6 is 0 Å². The maximum Gasteiger partial charge on any atom is 0.304 e. The number of hydrogen-bond acceptors (Lipinski definition) is 1. The number of aryl methyl sites for hydroxylation is 1. The fraction of sp³-hybridized carbons (Fsp3) is 0.308. The van der Waals surface area contributed by atoms with Crippen LogP contribution in [0.2, 0.25) is 0 Å². The van der Waals surface area contributed by atoms with Crippen molar-refractivity contribution in [1.82, 2.24) is 4.98 Å². The molecule has 0 amide bonds. The van der Waals surface area contributed by atoms with Gasteiger partial charge in [-0.15, -0.1) is 0 Å². The van der Waals surface area contributed by atoms with Crippen LogP contribution in [0.3, 0.4) is 0 Å². The highest BCUT2D eigenvalue weighted by Crippen LogP contribution is 2.39. The molecule has 1 aromatic heterocycles. The molecule has 0 unspecified atom stereocenters. The molecular weight excluding hydrogens is 221 g/mol. The highest BCUT2D eigenvalue weighted by molar-refractivity contribution is 5.86.